The molecule has 0 spiro atoms. The van der Waals surface area contributed by atoms with E-state index in [1.54, 1.807) is 0 Å². The van der Waals surface area contributed by atoms with Crippen molar-refractivity contribution >= 4 is 11.9 Å². The lowest BCUT2D eigenvalue weighted by molar-refractivity contribution is -0.143. The molecule has 2 unspecified atom stereocenters. The highest BCUT2D eigenvalue weighted by molar-refractivity contribution is 5.74. The van der Waals surface area contributed by atoms with Gasteiger partial charge in [-0.2, -0.15) is 0 Å². The molecule has 6 nitrogen and oxygen atoms in total. The highest BCUT2D eigenvalue weighted by Gasteiger charge is 2.30. The normalized spacial score (nSPS) is 27.2. The summed E-state index contributed by atoms with van der Waals surface area (Å²) in [6.45, 7) is 3.48. The number of hydrogen-bond donors (Lipinski definition) is 2. The van der Waals surface area contributed by atoms with Crippen LogP contribution in [0.25, 0.3) is 0 Å². The van der Waals surface area contributed by atoms with Crippen molar-refractivity contribution in [3.05, 3.63) is 0 Å². The first-order chi connectivity index (χ1) is 10.1. The molecule has 0 radical (unpaired) electrons. The second-order valence-corrected chi connectivity index (χ2v) is 6.13. The smallest absolute Gasteiger partial charge is 0.320 e. The van der Waals surface area contributed by atoms with Crippen LogP contribution in [-0.2, 0) is 9.59 Å². The quantitative estimate of drug-likeness (QED) is 0.657. The van der Waals surface area contributed by atoms with Gasteiger partial charge >= 0.3 is 11.9 Å². The van der Waals surface area contributed by atoms with Crippen molar-refractivity contribution in [2.24, 2.45) is 0 Å². The summed E-state index contributed by atoms with van der Waals surface area (Å²) in [6, 6.07) is -0.583. The summed E-state index contributed by atoms with van der Waals surface area (Å²) >= 11 is 0. The average molecular weight is 298 g/mol. The number of carboxylic acid groups (broad SMARTS) is 2. The van der Waals surface area contributed by atoms with Crippen molar-refractivity contribution in [1.29, 1.82) is 0 Å². The third kappa shape index (κ3) is 4.41. The fourth-order valence-electron chi connectivity index (χ4n) is 3.55. The average Bonchev–Trinajstić information content (AvgIpc) is 3.06. The summed E-state index contributed by atoms with van der Waals surface area (Å²) in [4.78, 5) is 26.3. The molecule has 0 aliphatic carbocycles. The number of rotatable bonds is 8. The molecule has 2 heterocycles. The molecule has 2 saturated heterocycles. The molecule has 21 heavy (non-hydrogen) atoms. The summed E-state index contributed by atoms with van der Waals surface area (Å²) in [5.41, 5.74) is 0. The molecule has 2 N–H and O–H groups in total. The fraction of sp³-hybridized carbons (Fsp3) is 0.867. The van der Waals surface area contributed by atoms with E-state index in [-0.39, 0.29) is 12.1 Å². The van der Waals surface area contributed by atoms with Crippen LogP contribution in [-0.4, -0.2) is 70.2 Å². The topological polar surface area (TPSA) is 81.1 Å². The molecular weight excluding hydrogens is 272 g/mol. The van der Waals surface area contributed by atoms with E-state index in [0.29, 0.717) is 0 Å². The van der Waals surface area contributed by atoms with Crippen LogP contribution in [0.1, 0.15) is 44.9 Å². The van der Waals surface area contributed by atoms with Gasteiger partial charge in [-0.15, -0.1) is 0 Å². The zero-order chi connectivity index (χ0) is 15.2. The third-order valence-corrected chi connectivity index (χ3v) is 4.69. The zero-order valence-electron chi connectivity index (χ0n) is 12.5. The molecule has 2 fully saturated rings. The van der Waals surface area contributed by atoms with Crippen LogP contribution in [0.3, 0.4) is 0 Å². The number of nitrogens with zero attached hydrogens (tertiary/aromatic N) is 2. The molecule has 120 valence electrons. The van der Waals surface area contributed by atoms with Gasteiger partial charge in [0.25, 0.3) is 0 Å². The van der Waals surface area contributed by atoms with E-state index in [9.17, 15) is 9.59 Å². The van der Waals surface area contributed by atoms with E-state index in [0.717, 1.165) is 71.1 Å². The predicted molar refractivity (Wildman–Crippen MR) is 78.3 cm³/mol. The van der Waals surface area contributed by atoms with E-state index in [2.05, 4.69) is 9.80 Å². The lowest BCUT2D eigenvalue weighted by Crippen LogP contribution is -2.37. The monoisotopic (exact) mass is 298 g/mol. The van der Waals surface area contributed by atoms with E-state index >= 15 is 0 Å². The summed E-state index contributed by atoms with van der Waals surface area (Å²) in [7, 11) is 0. The maximum atomic E-state index is 11.1. The highest BCUT2D eigenvalue weighted by Crippen LogP contribution is 2.20. The highest BCUT2D eigenvalue weighted by atomic mass is 16.4. The molecule has 0 saturated carbocycles. The van der Waals surface area contributed by atoms with Crippen molar-refractivity contribution in [2.75, 3.05) is 26.2 Å². The summed E-state index contributed by atoms with van der Waals surface area (Å²) < 4.78 is 0. The Bertz CT molecular complexity index is 341. The van der Waals surface area contributed by atoms with Gasteiger partial charge in [0.15, 0.2) is 0 Å². The first kappa shape index (κ1) is 16.2. The SMILES string of the molecule is O=C(O)C1CCCN1CCCCCN1CCCC1C(=O)O. The van der Waals surface area contributed by atoms with Gasteiger partial charge in [-0.25, -0.2) is 0 Å². The van der Waals surface area contributed by atoms with Crippen LogP contribution in [0, 0.1) is 0 Å². The van der Waals surface area contributed by atoms with Gasteiger partial charge < -0.3 is 10.2 Å². The van der Waals surface area contributed by atoms with Crippen LogP contribution in [0.4, 0.5) is 0 Å². The lowest BCUT2D eigenvalue weighted by atomic mass is 10.2. The number of carboxylic acids is 2. The molecule has 0 aromatic carbocycles. The fourth-order valence-corrected chi connectivity index (χ4v) is 3.55. The summed E-state index contributed by atoms with van der Waals surface area (Å²) in [5.74, 6) is -1.40. The molecule has 0 aromatic heterocycles. The standard InChI is InChI=1S/C15H26N2O4/c18-14(19)12-6-4-10-16(12)8-2-1-3-9-17-11-5-7-13(17)15(20)21/h12-13H,1-11H2,(H,18,19)(H,20,21). The van der Waals surface area contributed by atoms with Crippen LogP contribution in [0.5, 0.6) is 0 Å². The number of likely N-dealkylation sites (tertiary alicyclic amines) is 2. The molecular formula is C15H26N2O4. The minimum Gasteiger partial charge on any atom is -0.480 e. The first-order valence-corrected chi connectivity index (χ1v) is 8.03. The lowest BCUT2D eigenvalue weighted by Gasteiger charge is -2.22. The largest absolute Gasteiger partial charge is 0.480 e. The van der Waals surface area contributed by atoms with Crippen molar-refractivity contribution in [2.45, 2.75) is 57.0 Å². The van der Waals surface area contributed by atoms with Crippen LogP contribution in [0.15, 0.2) is 0 Å². The molecule has 2 aliphatic heterocycles. The van der Waals surface area contributed by atoms with Crippen molar-refractivity contribution in [3.63, 3.8) is 0 Å². The Morgan fingerprint density at radius 2 is 1.24 bits per heavy atom. The van der Waals surface area contributed by atoms with E-state index in [1.807, 2.05) is 0 Å². The maximum Gasteiger partial charge on any atom is 0.320 e. The van der Waals surface area contributed by atoms with Gasteiger partial charge in [0.2, 0.25) is 0 Å². The second-order valence-electron chi connectivity index (χ2n) is 6.13. The predicted octanol–water partition coefficient (Wildman–Crippen LogP) is 1.25. The van der Waals surface area contributed by atoms with E-state index in [1.165, 1.54) is 0 Å². The summed E-state index contributed by atoms with van der Waals surface area (Å²) in [5, 5.41) is 18.2. The first-order valence-electron chi connectivity index (χ1n) is 8.03. The van der Waals surface area contributed by atoms with Crippen LogP contribution < -0.4 is 0 Å². The Labute approximate surface area is 125 Å². The van der Waals surface area contributed by atoms with Gasteiger partial charge in [0.05, 0.1) is 0 Å². The third-order valence-electron chi connectivity index (χ3n) is 4.69. The Kier molecular flexibility index (Phi) is 5.99. The molecule has 0 aromatic rings. The summed E-state index contributed by atoms with van der Waals surface area (Å²) in [6.07, 6.45) is 6.51. The van der Waals surface area contributed by atoms with Gasteiger partial charge in [0.1, 0.15) is 12.1 Å². The Morgan fingerprint density at radius 1 is 0.810 bits per heavy atom. The van der Waals surface area contributed by atoms with Gasteiger partial charge in [-0.1, -0.05) is 6.42 Å². The Balaban J connectivity index is 1.60. The second kappa shape index (κ2) is 7.75. The van der Waals surface area contributed by atoms with Crippen LogP contribution in [0.2, 0.25) is 0 Å². The minimum absolute atomic E-state index is 0.292. The van der Waals surface area contributed by atoms with Crippen molar-refractivity contribution in [3.8, 4) is 0 Å². The maximum absolute atomic E-state index is 11.1. The number of aliphatic carboxylic acids is 2. The van der Waals surface area contributed by atoms with Crippen LogP contribution >= 0.6 is 0 Å². The van der Waals surface area contributed by atoms with E-state index in [4.69, 9.17) is 10.2 Å². The van der Waals surface area contributed by atoms with Crippen molar-refractivity contribution < 1.29 is 19.8 Å². The minimum atomic E-state index is -0.700. The van der Waals surface area contributed by atoms with Gasteiger partial charge in [0, 0.05) is 0 Å². The Morgan fingerprint density at radius 3 is 1.62 bits per heavy atom. The molecule has 2 aliphatic rings. The van der Waals surface area contributed by atoms with Gasteiger partial charge in [-0.05, 0) is 64.7 Å². The Hall–Kier alpha value is -1.14. The molecule has 6 heteroatoms. The van der Waals surface area contributed by atoms with Crippen molar-refractivity contribution in [1.82, 2.24) is 9.80 Å². The molecule has 2 rings (SSSR count). The number of unbranched alkanes of at least 4 members (excludes halogenated alkanes) is 2. The number of hydrogen-bond acceptors (Lipinski definition) is 4. The molecule has 2 atom stereocenters. The number of carbonyl (C=O) groups is 2. The van der Waals surface area contributed by atoms with E-state index < -0.39 is 11.9 Å². The molecule has 0 bridgehead atoms. The zero-order valence-corrected chi connectivity index (χ0v) is 12.5. The van der Waals surface area contributed by atoms with Gasteiger partial charge in [-0.3, -0.25) is 19.4 Å². The molecule has 0 amide bonds.